The summed E-state index contributed by atoms with van der Waals surface area (Å²) in [6.07, 6.45) is 0. The highest BCUT2D eigenvalue weighted by Crippen LogP contribution is 2.27. The monoisotopic (exact) mass is 343 g/mol. The van der Waals surface area contributed by atoms with E-state index in [9.17, 15) is 5.26 Å². The molecule has 1 fully saturated rings. The number of aromatic nitrogens is 1. The Balaban J connectivity index is 1.72. The predicted molar refractivity (Wildman–Crippen MR) is 95.6 cm³/mol. The molecule has 1 saturated heterocycles. The lowest BCUT2D eigenvalue weighted by molar-refractivity contribution is 0.0410. The Labute approximate surface area is 146 Å². The second-order valence-electron chi connectivity index (χ2n) is 5.54. The van der Waals surface area contributed by atoms with Crippen LogP contribution in [0.4, 0.5) is 0 Å². The van der Waals surface area contributed by atoms with Crippen LogP contribution < -0.4 is 4.74 Å². The van der Waals surface area contributed by atoms with Crippen LogP contribution in [0, 0.1) is 11.3 Å². The highest BCUT2D eigenvalue weighted by Gasteiger charge is 2.12. The quantitative estimate of drug-likeness (QED) is 0.752. The van der Waals surface area contributed by atoms with Crippen LogP contribution in [0.5, 0.6) is 5.75 Å². The standard InChI is InChI=1S/C18H21N3O2S/c1-2-23-16-3-4-17-14(12-16)11-15(13-19)18(20-17)24-10-7-21-5-8-22-9-6-21/h3-4,11-12H,2,5-10H2,1H3. The van der Waals surface area contributed by atoms with E-state index in [0.717, 1.165) is 60.3 Å². The summed E-state index contributed by atoms with van der Waals surface area (Å²) in [6.45, 7) is 7.15. The summed E-state index contributed by atoms with van der Waals surface area (Å²) in [7, 11) is 0. The molecule has 0 bridgehead atoms. The molecule has 1 aromatic heterocycles. The Morgan fingerprint density at radius 2 is 2.17 bits per heavy atom. The number of morpholine rings is 1. The lowest BCUT2D eigenvalue weighted by Gasteiger charge is -2.26. The Morgan fingerprint density at radius 3 is 2.92 bits per heavy atom. The largest absolute Gasteiger partial charge is 0.494 e. The van der Waals surface area contributed by atoms with Gasteiger partial charge in [0.25, 0.3) is 0 Å². The SMILES string of the molecule is CCOc1ccc2nc(SCCN3CCOCC3)c(C#N)cc2c1. The normalized spacial score (nSPS) is 15.3. The molecular formula is C18H21N3O2S. The first kappa shape index (κ1) is 17.0. The van der Waals surface area contributed by atoms with Crippen LogP contribution in [0.2, 0.25) is 0 Å². The minimum absolute atomic E-state index is 0.625. The molecule has 0 aliphatic carbocycles. The molecule has 3 rings (SSSR count). The zero-order chi connectivity index (χ0) is 16.8. The first-order valence-corrected chi connectivity index (χ1v) is 9.19. The number of hydrogen-bond acceptors (Lipinski definition) is 6. The fourth-order valence-corrected chi connectivity index (χ4v) is 3.65. The number of fused-ring (bicyclic) bond motifs is 1. The lowest BCUT2D eigenvalue weighted by atomic mass is 10.1. The van der Waals surface area contributed by atoms with E-state index in [4.69, 9.17) is 9.47 Å². The summed E-state index contributed by atoms with van der Waals surface area (Å²) >= 11 is 1.65. The van der Waals surface area contributed by atoms with Crippen LogP contribution in [0.3, 0.4) is 0 Å². The molecule has 0 spiro atoms. The Hall–Kier alpha value is -1.81. The van der Waals surface area contributed by atoms with Gasteiger partial charge in [-0.25, -0.2) is 4.98 Å². The highest BCUT2D eigenvalue weighted by molar-refractivity contribution is 7.99. The van der Waals surface area contributed by atoms with Gasteiger partial charge in [0, 0.05) is 30.8 Å². The van der Waals surface area contributed by atoms with E-state index in [1.54, 1.807) is 11.8 Å². The van der Waals surface area contributed by atoms with Crippen LogP contribution in [0.25, 0.3) is 10.9 Å². The van der Waals surface area contributed by atoms with Gasteiger partial charge >= 0.3 is 0 Å². The molecule has 0 N–H and O–H groups in total. The molecule has 1 aliphatic heterocycles. The van der Waals surface area contributed by atoms with Gasteiger partial charge in [0.05, 0.1) is 30.9 Å². The summed E-state index contributed by atoms with van der Waals surface area (Å²) in [6, 6.07) is 9.99. The first-order chi connectivity index (χ1) is 11.8. The van der Waals surface area contributed by atoms with Crippen molar-refractivity contribution in [1.82, 2.24) is 9.88 Å². The molecule has 2 aromatic rings. The van der Waals surface area contributed by atoms with Crippen molar-refractivity contribution < 1.29 is 9.47 Å². The number of pyridine rings is 1. The summed E-state index contributed by atoms with van der Waals surface area (Å²) in [4.78, 5) is 7.06. The average molecular weight is 343 g/mol. The summed E-state index contributed by atoms with van der Waals surface area (Å²) in [5.74, 6) is 1.73. The zero-order valence-corrected chi connectivity index (χ0v) is 14.6. The summed E-state index contributed by atoms with van der Waals surface area (Å²) in [5.41, 5.74) is 1.52. The number of nitriles is 1. The maximum absolute atomic E-state index is 9.44. The smallest absolute Gasteiger partial charge is 0.120 e. The molecule has 0 atom stereocenters. The number of thioether (sulfide) groups is 1. The van der Waals surface area contributed by atoms with Gasteiger partial charge in [0.1, 0.15) is 16.8 Å². The van der Waals surface area contributed by atoms with Crippen molar-refractivity contribution in [3.8, 4) is 11.8 Å². The van der Waals surface area contributed by atoms with Gasteiger partial charge in [0.2, 0.25) is 0 Å². The Bertz CT molecular complexity index is 739. The van der Waals surface area contributed by atoms with E-state index in [-0.39, 0.29) is 0 Å². The maximum atomic E-state index is 9.44. The van der Waals surface area contributed by atoms with Crippen molar-refractivity contribution in [3.63, 3.8) is 0 Å². The van der Waals surface area contributed by atoms with Gasteiger partial charge in [-0.15, -0.1) is 11.8 Å². The highest BCUT2D eigenvalue weighted by atomic mass is 32.2. The molecule has 0 unspecified atom stereocenters. The first-order valence-electron chi connectivity index (χ1n) is 8.20. The predicted octanol–water partition coefficient (Wildman–Crippen LogP) is 2.93. The van der Waals surface area contributed by atoms with Crippen LogP contribution in [-0.4, -0.2) is 55.1 Å². The van der Waals surface area contributed by atoms with E-state index in [1.807, 2.05) is 31.2 Å². The minimum atomic E-state index is 0.625. The molecule has 24 heavy (non-hydrogen) atoms. The third kappa shape index (κ3) is 4.18. The number of rotatable bonds is 6. The molecule has 1 aromatic carbocycles. The van der Waals surface area contributed by atoms with Crippen LogP contribution >= 0.6 is 11.8 Å². The van der Waals surface area contributed by atoms with Crippen LogP contribution in [0.1, 0.15) is 12.5 Å². The average Bonchev–Trinajstić information content (AvgIpc) is 2.62. The van der Waals surface area contributed by atoms with E-state index < -0.39 is 0 Å². The molecule has 6 heteroatoms. The second kappa shape index (κ2) is 8.34. The number of hydrogen-bond donors (Lipinski definition) is 0. The van der Waals surface area contributed by atoms with Crippen molar-refractivity contribution in [2.24, 2.45) is 0 Å². The fraction of sp³-hybridized carbons (Fsp3) is 0.444. The van der Waals surface area contributed by atoms with Crippen LogP contribution in [0.15, 0.2) is 29.3 Å². The van der Waals surface area contributed by atoms with Gasteiger partial charge in [-0.1, -0.05) is 0 Å². The number of nitrogens with zero attached hydrogens (tertiary/aromatic N) is 3. The van der Waals surface area contributed by atoms with Crippen molar-refractivity contribution in [2.45, 2.75) is 11.9 Å². The lowest BCUT2D eigenvalue weighted by Crippen LogP contribution is -2.37. The van der Waals surface area contributed by atoms with Crippen molar-refractivity contribution in [3.05, 3.63) is 29.8 Å². The molecule has 126 valence electrons. The molecular weight excluding hydrogens is 322 g/mol. The van der Waals surface area contributed by atoms with Gasteiger partial charge in [-0.3, -0.25) is 4.90 Å². The zero-order valence-electron chi connectivity index (χ0n) is 13.8. The third-order valence-electron chi connectivity index (χ3n) is 3.93. The van der Waals surface area contributed by atoms with Crippen molar-refractivity contribution in [1.29, 1.82) is 5.26 Å². The van der Waals surface area contributed by atoms with Crippen LogP contribution in [-0.2, 0) is 4.74 Å². The maximum Gasteiger partial charge on any atom is 0.120 e. The Morgan fingerprint density at radius 1 is 1.33 bits per heavy atom. The topological polar surface area (TPSA) is 58.4 Å². The molecule has 1 aliphatic rings. The van der Waals surface area contributed by atoms with E-state index in [2.05, 4.69) is 16.0 Å². The second-order valence-corrected chi connectivity index (χ2v) is 6.63. The Kier molecular flexibility index (Phi) is 5.91. The molecule has 2 heterocycles. The fourth-order valence-electron chi connectivity index (χ4n) is 2.68. The van der Waals surface area contributed by atoms with Crippen molar-refractivity contribution in [2.75, 3.05) is 45.2 Å². The molecule has 0 radical (unpaired) electrons. The van der Waals surface area contributed by atoms with E-state index in [1.165, 1.54) is 0 Å². The van der Waals surface area contributed by atoms with E-state index in [0.29, 0.717) is 12.2 Å². The number of ether oxygens (including phenoxy) is 2. The van der Waals surface area contributed by atoms with Gasteiger partial charge in [-0.05, 0) is 31.2 Å². The third-order valence-corrected chi connectivity index (χ3v) is 4.90. The summed E-state index contributed by atoms with van der Waals surface area (Å²) < 4.78 is 10.9. The molecule has 5 nitrogen and oxygen atoms in total. The van der Waals surface area contributed by atoms with Gasteiger partial charge in [0.15, 0.2) is 0 Å². The van der Waals surface area contributed by atoms with Crippen molar-refractivity contribution >= 4 is 22.7 Å². The molecule has 0 saturated carbocycles. The van der Waals surface area contributed by atoms with E-state index >= 15 is 0 Å². The molecule has 0 amide bonds. The summed E-state index contributed by atoms with van der Waals surface area (Å²) in [5, 5.41) is 11.2. The van der Waals surface area contributed by atoms with Gasteiger partial charge in [-0.2, -0.15) is 5.26 Å². The minimum Gasteiger partial charge on any atom is -0.494 e. The number of benzene rings is 1. The van der Waals surface area contributed by atoms with Gasteiger partial charge < -0.3 is 9.47 Å².